The van der Waals surface area contributed by atoms with Crippen molar-refractivity contribution in [3.05, 3.63) is 40.3 Å². The molecule has 148 valence electrons. The van der Waals surface area contributed by atoms with Crippen LogP contribution in [0.4, 0.5) is 20.6 Å². The third-order valence-corrected chi connectivity index (χ3v) is 4.47. The SMILES string of the molecule is O=C1O[C@@H](CO)CN1c1ccc(N2C=NN(Cc3n[nH]c(=O)[nH]3)CC2)c(F)c1. The lowest BCUT2D eigenvalue weighted by molar-refractivity contribution is 0.0963. The summed E-state index contributed by atoms with van der Waals surface area (Å²) < 4.78 is 19.6. The van der Waals surface area contributed by atoms with Gasteiger partial charge < -0.3 is 14.7 Å². The lowest BCUT2D eigenvalue weighted by Gasteiger charge is -2.29. The summed E-state index contributed by atoms with van der Waals surface area (Å²) in [6, 6.07) is 4.44. The first-order chi connectivity index (χ1) is 13.5. The number of aliphatic hydroxyl groups excluding tert-OH is 1. The second-order valence-electron chi connectivity index (χ2n) is 6.37. The van der Waals surface area contributed by atoms with E-state index in [4.69, 9.17) is 9.84 Å². The number of aromatic nitrogens is 3. The second kappa shape index (κ2) is 7.31. The molecule has 0 unspecified atom stereocenters. The fourth-order valence-electron chi connectivity index (χ4n) is 3.05. The van der Waals surface area contributed by atoms with Gasteiger partial charge >= 0.3 is 11.8 Å². The van der Waals surface area contributed by atoms with Crippen LogP contribution in [0.15, 0.2) is 28.1 Å². The van der Waals surface area contributed by atoms with Gasteiger partial charge in [-0.2, -0.15) is 10.2 Å². The summed E-state index contributed by atoms with van der Waals surface area (Å²) in [6.45, 7) is 1.20. The van der Waals surface area contributed by atoms with Gasteiger partial charge in [0.15, 0.2) is 5.82 Å². The van der Waals surface area contributed by atoms with Crippen LogP contribution in [-0.2, 0) is 11.3 Å². The van der Waals surface area contributed by atoms with E-state index in [9.17, 15) is 14.0 Å². The summed E-state index contributed by atoms with van der Waals surface area (Å²) in [7, 11) is 0. The van der Waals surface area contributed by atoms with Crippen LogP contribution in [0.3, 0.4) is 0 Å². The molecule has 2 aliphatic heterocycles. The van der Waals surface area contributed by atoms with Crippen LogP contribution < -0.4 is 15.5 Å². The zero-order chi connectivity index (χ0) is 19.7. The molecule has 0 spiro atoms. The number of rotatable bonds is 5. The molecule has 1 fully saturated rings. The highest BCUT2D eigenvalue weighted by molar-refractivity contribution is 5.90. The number of carbonyl (C=O) groups excluding carboxylic acids is 1. The largest absolute Gasteiger partial charge is 0.441 e. The van der Waals surface area contributed by atoms with E-state index in [1.807, 2.05) is 0 Å². The second-order valence-corrected chi connectivity index (χ2v) is 6.37. The van der Waals surface area contributed by atoms with E-state index in [1.54, 1.807) is 22.0 Å². The van der Waals surface area contributed by atoms with E-state index in [0.717, 1.165) is 0 Å². The fourth-order valence-corrected chi connectivity index (χ4v) is 3.05. The van der Waals surface area contributed by atoms with Crippen molar-refractivity contribution in [1.29, 1.82) is 0 Å². The van der Waals surface area contributed by atoms with Crippen LogP contribution in [-0.4, -0.2) is 70.1 Å². The predicted octanol–water partition coefficient (Wildman–Crippen LogP) is -0.180. The Hall–Kier alpha value is -3.41. The number of carbonyl (C=O) groups is 1. The first-order valence-corrected chi connectivity index (χ1v) is 8.61. The number of benzene rings is 1. The monoisotopic (exact) mass is 391 g/mol. The van der Waals surface area contributed by atoms with Crippen molar-refractivity contribution < 1.29 is 19.0 Å². The summed E-state index contributed by atoms with van der Waals surface area (Å²) in [4.78, 5) is 28.4. The van der Waals surface area contributed by atoms with Crippen LogP contribution in [0.1, 0.15) is 5.82 Å². The van der Waals surface area contributed by atoms with Gasteiger partial charge in [0.1, 0.15) is 18.3 Å². The van der Waals surface area contributed by atoms with E-state index in [2.05, 4.69) is 20.3 Å². The van der Waals surface area contributed by atoms with E-state index in [-0.39, 0.29) is 18.8 Å². The zero-order valence-electron chi connectivity index (χ0n) is 14.7. The Morgan fingerprint density at radius 2 is 2.18 bits per heavy atom. The smallest absolute Gasteiger partial charge is 0.414 e. The Labute approximate surface area is 158 Å². The first-order valence-electron chi connectivity index (χ1n) is 8.61. The number of hydrogen-bond acceptors (Lipinski definition) is 8. The highest BCUT2D eigenvalue weighted by Gasteiger charge is 2.32. The van der Waals surface area contributed by atoms with Crippen molar-refractivity contribution in [1.82, 2.24) is 20.2 Å². The number of halogens is 1. The van der Waals surface area contributed by atoms with E-state index < -0.39 is 18.0 Å². The van der Waals surface area contributed by atoms with Crippen LogP contribution >= 0.6 is 0 Å². The van der Waals surface area contributed by atoms with Gasteiger partial charge in [0.25, 0.3) is 0 Å². The number of anilines is 2. The summed E-state index contributed by atoms with van der Waals surface area (Å²) in [5, 5.41) is 21.2. The number of cyclic esters (lactones) is 1. The van der Waals surface area contributed by atoms with E-state index >= 15 is 0 Å². The number of hydrogen-bond donors (Lipinski definition) is 3. The van der Waals surface area contributed by atoms with Crippen LogP contribution in [0.25, 0.3) is 0 Å². The lowest BCUT2D eigenvalue weighted by Crippen LogP contribution is -2.38. The third-order valence-electron chi connectivity index (χ3n) is 4.47. The highest BCUT2D eigenvalue weighted by atomic mass is 19.1. The van der Waals surface area contributed by atoms with Gasteiger partial charge in [0, 0.05) is 6.54 Å². The van der Waals surface area contributed by atoms with Gasteiger partial charge in [0.05, 0.1) is 37.6 Å². The number of aromatic amines is 2. The molecule has 2 aromatic rings. The molecule has 0 saturated carbocycles. The average molecular weight is 391 g/mol. The van der Waals surface area contributed by atoms with Gasteiger partial charge in [0.2, 0.25) is 0 Å². The van der Waals surface area contributed by atoms with Crippen LogP contribution in [0.5, 0.6) is 0 Å². The van der Waals surface area contributed by atoms with Crippen molar-refractivity contribution in [2.24, 2.45) is 5.10 Å². The Morgan fingerprint density at radius 3 is 2.79 bits per heavy atom. The molecule has 4 rings (SSSR count). The average Bonchev–Trinajstić information content (AvgIpc) is 3.27. The summed E-state index contributed by atoms with van der Waals surface area (Å²) in [5.74, 6) is -0.0425. The van der Waals surface area contributed by atoms with Crippen molar-refractivity contribution in [3.8, 4) is 0 Å². The maximum atomic E-state index is 14.6. The third kappa shape index (κ3) is 3.53. The van der Waals surface area contributed by atoms with Gasteiger partial charge in [-0.1, -0.05) is 0 Å². The Morgan fingerprint density at radius 1 is 1.32 bits per heavy atom. The molecule has 1 aromatic heterocycles. The first kappa shape index (κ1) is 18.0. The summed E-state index contributed by atoms with van der Waals surface area (Å²) >= 11 is 0. The Bertz CT molecular complexity index is 958. The van der Waals surface area contributed by atoms with Crippen molar-refractivity contribution in [2.45, 2.75) is 12.6 Å². The zero-order valence-corrected chi connectivity index (χ0v) is 14.7. The van der Waals surface area contributed by atoms with Gasteiger partial charge in [-0.3, -0.25) is 14.9 Å². The maximum Gasteiger partial charge on any atom is 0.414 e. The molecule has 1 atom stereocenters. The fraction of sp³-hybridized carbons (Fsp3) is 0.375. The normalized spacial score (nSPS) is 19.4. The van der Waals surface area contributed by atoms with Crippen molar-refractivity contribution in [2.75, 3.05) is 36.0 Å². The standard InChI is InChI=1S/C16H18FN7O4/c17-12-5-10(24-6-11(8-25)28-16(24)27)1-2-13(12)22-3-4-23(18-9-22)7-14-19-15(26)21-20-14/h1-2,5,9,11,25H,3-4,6-8H2,(H2,19,20,21,26)/t11-/m1/s1. The van der Waals surface area contributed by atoms with Crippen LogP contribution in [0, 0.1) is 5.82 Å². The number of ether oxygens (including phenoxy) is 1. The number of nitrogens with one attached hydrogen (secondary N) is 2. The molecule has 28 heavy (non-hydrogen) atoms. The van der Waals surface area contributed by atoms with Crippen LogP contribution in [0.2, 0.25) is 0 Å². The highest BCUT2D eigenvalue weighted by Crippen LogP contribution is 2.28. The lowest BCUT2D eigenvalue weighted by atomic mass is 10.2. The molecule has 3 heterocycles. The number of aliphatic hydroxyl groups is 1. The Kier molecular flexibility index (Phi) is 4.69. The summed E-state index contributed by atoms with van der Waals surface area (Å²) in [5.41, 5.74) is 0.304. The number of nitrogens with zero attached hydrogens (tertiary/aromatic N) is 5. The van der Waals surface area contributed by atoms with E-state index in [1.165, 1.54) is 17.3 Å². The van der Waals surface area contributed by atoms with Gasteiger partial charge in [-0.15, -0.1) is 0 Å². The summed E-state index contributed by atoms with van der Waals surface area (Å²) in [6.07, 6.45) is 0.274. The minimum atomic E-state index is -0.613. The number of amides is 1. The molecule has 1 saturated heterocycles. The molecule has 11 nitrogen and oxygen atoms in total. The minimum absolute atomic E-state index is 0.170. The van der Waals surface area contributed by atoms with Gasteiger partial charge in [-0.05, 0) is 18.2 Å². The molecular weight excluding hydrogens is 373 g/mol. The Balaban J connectivity index is 1.44. The quantitative estimate of drug-likeness (QED) is 0.645. The molecule has 0 bridgehead atoms. The molecule has 2 aliphatic rings. The minimum Gasteiger partial charge on any atom is -0.441 e. The topological polar surface area (TPSA) is 130 Å². The molecule has 3 N–H and O–H groups in total. The number of H-pyrrole nitrogens is 2. The molecule has 1 amide bonds. The molecule has 12 heteroatoms. The van der Waals surface area contributed by atoms with E-state index in [0.29, 0.717) is 36.8 Å². The maximum absolute atomic E-state index is 14.6. The molecule has 0 aliphatic carbocycles. The predicted molar refractivity (Wildman–Crippen MR) is 96.6 cm³/mol. The van der Waals surface area contributed by atoms with Crippen molar-refractivity contribution >= 4 is 23.8 Å². The van der Waals surface area contributed by atoms with Crippen molar-refractivity contribution in [3.63, 3.8) is 0 Å². The molecule has 0 radical (unpaired) electrons. The number of hydrazone groups is 1. The van der Waals surface area contributed by atoms with Gasteiger partial charge in [-0.25, -0.2) is 19.1 Å². The molecule has 1 aromatic carbocycles. The molecular formula is C16H18FN7O4.